The largest absolute Gasteiger partial charge is 0.369 e. The number of benzene rings is 1. The molecule has 1 fully saturated rings. The lowest BCUT2D eigenvalue weighted by molar-refractivity contribution is 0.112. The highest BCUT2D eigenvalue weighted by atomic mass is 19.1. The minimum absolute atomic E-state index is 0.293. The molecule has 1 heterocycles. The number of rotatable bonds is 3. The molecule has 1 aromatic rings. The van der Waals surface area contributed by atoms with Gasteiger partial charge in [-0.05, 0) is 36.5 Å². The number of nitrogens with zero attached hydrogens (tertiary/aromatic N) is 1. The van der Waals surface area contributed by atoms with Crippen LogP contribution in [-0.4, -0.2) is 19.4 Å². The van der Waals surface area contributed by atoms with Crippen molar-refractivity contribution >= 4 is 12.0 Å². The van der Waals surface area contributed by atoms with Crippen LogP contribution in [-0.2, 0) is 0 Å². The SMILES string of the molecule is CC(C)C1CCN(c2ccc(C=O)cc2F)C1. The topological polar surface area (TPSA) is 20.3 Å². The summed E-state index contributed by atoms with van der Waals surface area (Å²) in [6, 6.07) is 4.70. The summed E-state index contributed by atoms with van der Waals surface area (Å²) in [5.74, 6) is 0.983. The van der Waals surface area contributed by atoms with Gasteiger partial charge in [-0.1, -0.05) is 13.8 Å². The standard InChI is InChI=1S/C14H18FNO/c1-10(2)12-5-6-16(8-12)14-4-3-11(9-17)7-13(14)15/h3-4,7,9-10,12H,5-6,8H2,1-2H3. The number of hydrogen-bond acceptors (Lipinski definition) is 2. The van der Waals surface area contributed by atoms with Crippen molar-refractivity contribution in [3.63, 3.8) is 0 Å². The molecular formula is C14H18FNO. The Morgan fingerprint density at radius 3 is 2.76 bits per heavy atom. The highest BCUT2D eigenvalue weighted by molar-refractivity contribution is 5.76. The fourth-order valence-electron chi connectivity index (χ4n) is 2.40. The monoisotopic (exact) mass is 235 g/mol. The summed E-state index contributed by atoms with van der Waals surface area (Å²) in [7, 11) is 0. The maximum absolute atomic E-state index is 13.8. The van der Waals surface area contributed by atoms with E-state index in [0.29, 0.717) is 29.4 Å². The molecule has 1 atom stereocenters. The Labute approximate surface area is 101 Å². The van der Waals surface area contributed by atoms with Gasteiger partial charge >= 0.3 is 0 Å². The minimum Gasteiger partial charge on any atom is -0.369 e. The van der Waals surface area contributed by atoms with Crippen LogP contribution >= 0.6 is 0 Å². The first-order valence-corrected chi connectivity index (χ1v) is 6.11. The molecule has 0 saturated carbocycles. The third-order valence-corrected chi connectivity index (χ3v) is 3.62. The number of aldehydes is 1. The second-order valence-electron chi connectivity index (χ2n) is 5.07. The molecule has 92 valence electrons. The van der Waals surface area contributed by atoms with Gasteiger partial charge in [0.15, 0.2) is 0 Å². The normalized spacial score (nSPS) is 20.0. The van der Waals surface area contributed by atoms with E-state index in [0.717, 1.165) is 19.5 Å². The van der Waals surface area contributed by atoms with E-state index in [1.54, 1.807) is 12.1 Å². The average molecular weight is 235 g/mol. The molecule has 17 heavy (non-hydrogen) atoms. The first kappa shape index (κ1) is 12.1. The van der Waals surface area contributed by atoms with Crippen LogP contribution in [0.1, 0.15) is 30.6 Å². The van der Waals surface area contributed by atoms with Crippen molar-refractivity contribution in [2.24, 2.45) is 11.8 Å². The number of hydrogen-bond donors (Lipinski definition) is 0. The third kappa shape index (κ3) is 2.48. The second kappa shape index (κ2) is 4.86. The summed E-state index contributed by atoms with van der Waals surface area (Å²) in [5, 5.41) is 0. The van der Waals surface area contributed by atoms with E-state index >= 15 is 0 Å². The van der Waals surface area contributed by atoms with Crippen molar-refractivity contribution in [1.29, 1.82) is 0 Å². The maximum Gasteiger partial charge on any atom is 0.150 e. The molecule has 3 heteroatoms. The first-order valence-electron chi connectivity index (χ1n) is 6.11. The fraction of sp³-hybridized carbons (Fsp3) is 0.500. The van der Waals surface area contributed by atoms with Crippen molar-refractivity contribution in [1.82, 2.24) is 0 Å². The fourth-order valence-corrected chi connectivity index (χ4v) is 2.40. The summed E-state index contributed by atoms with van der Waals surface area (Å²) in [4.78, 5) is 12.6. The van der Waals surface area contributed by atoms with E-state index < -0.39 is 0 Å². The summed E-state index contributed by atoms with van der Waals surface area (Å²) in [6.07, 6.45) is 1.79. The van der Waals surface area contributed by atoms with E-state index in [-0.39, 0.29) is 5.82 Å². The van der Waals surface area contributed by atoms with Gasteiger partial charge in [-0.15, -0.1) is 0 Å². The Bertz CT molecular complexity index is 417. The quantitative estimate of drug-likeness (QED) is 0.750. The summed E-state index contributed by atoms with van der Waals surface area (Å²) in [5.41, 5.74) is 1.02. The molecule has 2 nitrogen and oxygen atoms in total. The van der Waals surface area contributed by atoms with Crippen LogP contribution in [0.5, 0.6) is 0 Å². The van der Waals surface area contributed by atoms with Crippen LogP contribution in [0.15, 0.2) is 18.2 Å². The summed E-state index contributed by atoms with van der Waals surface area (Å²) >= 11 is 0. The van der Waals surface area contributed by atoms with Crippen LogP contribution in [0.4, 0.5) is 10.1 Å². The van der Waals surface area contributed by atoms with Gasteiger partial charge in [-0.25, -0.2) is 4.39 Å². The van der Waals surface area contributed by atoms with Gasteiger partial charge in [-0.2, -0.15) is 0 Å². The summed E-state index contributed by atoms with van der Waals surface area (Å²) < 4.78 is 13.8. The molecule has 0 N–H and O–H groups in total. The zero-order valence-electron chi connectivity index (χ0n) is 10.3. The van der Waals surface area contributed by atoms with Gasteiger partial charge in [0.25, 0.3) is 0 Å². The lowest BCUT2D eigenvalue weighted by Crippen LogP contribution is -2.22. The van der Waals surface area contributed by atoms with Crippen LogP contribution < -0.4 is 4.90 Å². The Balaban J connectivity index is 2.16. The number of anilines is 1. The van der Waals surface area contributed by atoms with Crippen molar-refractivity contribution in [3.8, 4) is 0 Å². The second-order valence-corrected chi connectivity index (χ2v) is 5.07. The molecule has 0 aromatic heterocycles. The van der Waals surface area contributed by atoms with Crippen LogP contribution in [0.25, 0.3) is 0 Å². The number of carbonyl (C=O) groups is 1. The zero-order chi connectivity index (χ0) is 12.4. The van der Waals surface area contributed by atoms with Gasteiger partial charge in [-0.3, -0.25) is 4.79 Å². The Morgan fingerprint density at radius 2 is 2.24 bits per heavy atom. The molecule has 1 unspecified atom stereocenters. The van der Waals surface area contributed by atoms with E-state index in [1.807, 2.05) is 0 Å². The highest BCUT2D eigenvalue weighted by Gasteiger charge is 2.26. The minimum atomic E-state index is -0.293. The molecule has 0 bridgehead atoms. The van der Waals surface area contributed by atoms with Gasteiger partial charge in [0.05, 0.1) is 5.69 Å². The van der Waals surface area contributed by atoms with E-state index in [1.165, 1.54) is 6.07 Å². The number of carbonyl (C=O) groups excluding carboxylic acids is 1. The Hall–Kier alpha value is -1.38. The van der Waals surface area contributed by atoms with Gasteiger partial charge in [0.1, 0.15) is 12.1 Å². The van der Waals surface area contributed by atoms with E-state index in [2.05, 4.69) is 18.7 Å². The van der Waals surface area contributed by atoms with Gasteiger partial charge < -0.3 is 4.90 Å². The molecule has 0 amide bonds. The molecular weight excluding hydrogens is 217 g/mol. The Kier molecular flexibility index (Phi) is 3.46. The predicted molar refractivity (Wildman–Crippen MR) is 66.9 cm³/mol. The van der Waals surface area contributed by atoms with Crippen LogP contribution in [0.2, 0.25) is 0 Å². The first-order chi connectivity index (χ1) is 8.11. The van der Waals surface area contributed by atoms with Crippen molar-refractivity contribution < 1.29 is 9.18 Å². The lowest BCUT2D eigenvalue weighted by atomic mass is 9.95. The zero-order valence-corrected chi connectivity index (χ0v) is 10.3. The van der Waals surface area contributed by atoms with Crippen molar-refractivity contribution in [2.75, 3.05) is 18.0 Å². The molecule has 0 spiro atoms. The molecule has 1 aromatic carbocycles. The smallest absolute Gasteiger partial charge is 0.150 e. The lowest BCUT2D eigenvalue weighted by Gasteiger charge is -2.20. The van der Waals surface area contributed by atoms with E-state index in [4.69, 9.17) is 0 Å². The molecule has 1 saturated heterocycles. The predicted octanol–water partition coefficient (Wildman–Crippen LogP) is 3.12. The summed E-state index contributed by atoms with van der Waals surface area (Å²) in [6.45, 7) is 6.23. The maximum atomic E-state index is 13.8. The molecule has 0 radical (unpaired) electrons. The van der Waals surface area contributed by atoms with Gasteiger partial charge in [0.2, 0.25) is 0 Å². The molecule has 1 aliphatic rings. The van der Waals surface area contributed by atoms with Crippen molar-refractivity contribution in [3.05, 3.63) is 29.6 Å². The molecule has 2 rings (SSSR count). The number of halogens is 1. The molecule has 0 aliphatic carbocycles. The van der Waals surface area contributed by atoms with Crippen LogP contribution in [0, 0.1) is 17.7 Å². The van der Waals surface area contributed by atoms with Gasteiger partial charge in [0, 0.05) is 18.7 Å². The third-order valence-electron chi connectivity index (χ3n) is 3.62. The Morgan fingerprint density at radius 1 is 1.47 bits per heavy atom. The highest BCUT2D eigenvalue weighted by Crippen LogP contribution is 2.30. The molecule has 1 aliphatic heterocycles. The van der Waals surface area contributed by atoms with Crippen LogP contribution in [0.3, 0.4) is 0 Å². The van der Waals surface area contributed by atoms with E-state index in [9.17, 15) is 9.18 Å². The van der Waals surface area contributed by atoms with Crippen molar-refractivity contribution in [2.45, 2.75) is 20.3 Å². The average Bonchev–Trinajstić information content (AvgIpc) is 2.78.